The van der Waals surface area contributed by atoms with Crippen LogP contribution < -0.4 is 26.6 Å². The third kappa shape index (κ3) is 4.31. The summed E-state index contributed by atoms with van der Waals surface area (Å²) < 4.78 is 13.1. The van der Waals surface area contributed by atoms with Crippen molar-refractivity contribution in [3.05, 3.63) is 224 Å². The number of hydrogen-bond donors (Lipinski definition) is 0. The molecule has 7 heteroatoms. The highest BCUT2D eigenvalue weighted by Gasteiger charge is 2.53. The molecule has 11 aromatic carbocycles. The van der Waals surface area contributed by atoms with Crippen LogP contribution >= 0.6 is 0 Å². The third-order valence-electron chi connectivity index (χ3n) is 17.5. The molecular weight excluding hydrogens is 884 g/mol. The van der Waals surface area contributed by atoms with Gasteiger partial charge in [-0.25, -0.2) is 0 Å². The molecule has 0 amide bonds. The lowest BCUT2D eigenvalue weighted by Gasteiger charge is -2.50. The van der Waals surface area contributed by atoms with Gasteiger partial charge in [-0.15, -0.1) is 0 Å². The van der Waals surface area contributed by atoms with E-state index < -0.39 is 0 Å². The molecule has 0 fully saturated rings. The Kier molecular flexibility index (Phi) is 6.61. The normalized spacial score (nSPS) is 13.7. The first-order valence-electron chi connectivity index (χ1n) is 25.6. The van der Waals surface area contributed by atoms with Gasteiger partial charge in [0.1, 0.15) is 0 Å². The second-order valence-electron chi connectivity index (χ2n) is 20.7. The topological polar surface area (TPSA) is 23.0 Å². The minimum Gasteiger partial charge on any atom is -0.444 e. The van der Waals surface area contributed by atoms with Crippen molar-refractivity contribution in [3.63, 3.8) is 0 Å². The van der Waals surface area contributed by atoms with Crippen LogP contribution in [0.5, 0.6) is 0 Å². The van der Waals surface area contributed by atoms with Gasteiger partial charge >= 0.3 is 13.7 Å². The molecule has 0 radical (unpaired) electrons. The lowest BCUT2D eigenvalue weighted by atomic mass is 9.32. The first kappa shape index (κ1) is 37.4. The maximum Gasteiger partial charge on any atom is 0.316 e. The molecule has 5 nitrogen and oxygen atoms in total. The van der Waals surface area contributed by atoms with Crippen LogP contribution in [0.2, 0.25) is 0 Å². The second kappa shape index (κ2) is 12.9. The zero-order valence-corrected chi connectivity index (χ0v) is 39.3. The number of benzene rings is 11. The van der Waals surface area contributed by atoms with Gasteiger partial charge in [0.2, 0.25) is 0 Å². The molecule has 4 aromatic heterocycles. The summed E-state index contributed by atoms with van der Waals surface area (Å²) in [6.45, 7) is -0.193. The number of hydrogen-bond acceptors (Lipinski definition) is 1. The van der Waals surface area contributed by atoms with Crippen LogP contribution in [0.3, 0.4) is 0 Å². The first-order chi connectivity index (χ1) is 36.3. The predicted octanol–water partition coefficient (Wildman–Crippen LogP) is 13.1. The van der Waals surface area contributed by atoms with E-state index in [0.29, 0.717) is 0 Å². The average molecular weight is 922 g/mol. The van der Waals surface area contributed by atoms with Crippen molar-refractivity contribution in [2.75, 3.05) is 4.72 Å². The molecule has 4 aliphatic heterocycles. The number of anilines is 1. The Morgan fingerprint density at radius 2 is 0.575 bits per heavy atom. The van der Waals surface area contributed by atoms with E-state index in [0.717, 1.165) is 0 Å². The molecule has 4 aliphatic rings. The van der Waals surface area contributed by atoms with Crippen molar-refractivity contribution in [1.29, 1.82) is 0 Å². The van der Waals surface area contributed by atoms with Gasteiger partial charge < -0.3 is 23.0 Å². The van der Waals surface area contributed by atoms with E-state index in [1.807, 2.05) is 0 Å². The van der Waals surface area contributed by atoms with Crippen LogP contribution in [0.4, 0.5) is 5.69 Å². The smallest absolute Gasteiger partial charge is 0.316 e. The van der Waals surface area contributed by atoms with E-state index in [2.05, 4.69) is 247 Å². The first-order valence-corrected chi connectivity index (χ1v) is 25.6. The molecule has 0 saturated carbocycles. The third-order valence-corrected chi connectivity index (χ3v) is 17.5. The summed E-state index contributed by atoms with van der Waals surface area (Å²) in [5.41, 5.74) is 26.6. The molecule has 0 N–H and O–H groups in total. The number of nitrogens with zero attached hydrogens (tertiary/aromatic N) is 5. The average Bonchev–Trinajstić information content (AvgIpc) is 4.24. The molecule has 0 aliphatic carbocycles. The summed E-state index contributed by atoms with van der Waals surface area (Å²) in [7, 11) is 0. The van der Waals surface area contributed by atoms with Crippen molar-refractivity contribution >= 4 is 128 Å². The van der Waals surface area contributed by atoms with Crippen LogP contribution in [0, 0.1) is 0 Å². The van der Waals surface area contributed by atoms with Gasteiger partial charge in [0.25, 0.3) is 0 Å². The van der Waals surface area contributed by atoms with E-state index in [1.165, 1.54) is 160 Å². The molecule has 0 unspecified atom stereocenters. The Hall–Kier alpha value is -9.45. The second-order valence-corrected chi connectivity index (χ2v) is 20.7. The molecule has 0 atom stereocenters. The Balaban J connectivity index is 0.999. The van der Waals surface area contributed by atoms with Gasteiger partial charge in [-0.2, -0.15) is 0 Å². The van der Waals surface area contributed by atoms with Crippen LogP contribution in [-0.4, -0.2) is 32.0 Å². The molecular formula is C66H37B2N5. The van der Waals surface area contributed by atoms with E-state index in [4.69, 9.17) is 0 Å². The SMILES string of the molecule is c1cc2c3c(c1)-c1cc(-n4c5ccccc5c5ccccc54)cc4c1B(c1cccc5c6ccccc6n-4c15)N3B1c3c-2cc(-n2c4ccccc4c4ccccc42)cc3-n2c3ccccc3c3cccc1c32. The van der Waals surface area contributed by atoms with Gasteiger partial charge in [0, 0.05) is 82.7 Å². The van der Waals surface area contributed by atoms with Crippen LogP contribution in [0.25, 0.3) is 132 Å². The number of rotatable bonds is 2. The fraction of sp³-hybridized carbons (Fsp3) is 0. The highest BCUT2D eigenvalue weighted by atomic mass is 15.1. The van der Waals surface area contributed by atoms with E-state index in [-0.39, 0.29) is 13.7 Å². The lowest BCUT2D eigenvalue weighted by Crippen LogP contribution is -2.74. The maximum absolute atomic E-state index is 2.88. The van der Waals surface area contributed by atoms with E-state index in [1.54, 1.807) is 0 Å². The number of para-hydroxylation sites is 9. The van der Waals surface area contributed by atoms with Crippen LogP contribution in [0.1, 0.15) is 0 Å². The van der Waals surface area contributed by atoms with Gasteiger partial charge in [-0.3, -0.25) is 0 Å². The molecule has 0 spiro atoms. The molecule has 19 rings (SSSR count). The van der Waals surface area contributed by atoms with Gasteiger partial charge in [0.15, 0.2) is 0 Å². The summed E-state index contributed by atoms with van der Waals surface area (Å²) in [6, 6.07) is 85.3. The Bertz CT molecular complexity index is 4660. The summed E-state index contributed by atoms with van der Waals surface area (Å²) in [5, 5.41) is 10.2. The standard InChI is InChI=1S/C66H37B2N5/c1-7-28-54-40(16-1)41-17-2-8-29-55(41)69(54)38-34-50-48-22-13-23-49-51-35-39(70-56-30-9-3-18-42(56)43-19-4-10-31-57(43)70)37-61-63(51)68(53-27-15-25-47-45-21-6-12-33-59(45)72(61)66(47)53)73(64(48)49)67-52-26-14-24-46-44-20-5-11-32-58(44)71(65(46)52)60(36-38)62(50)67/h1-37H. The van der Waals surface area contributed by atoms with Crippen LogP contribution in [0.15, 0.2) is 224 Å². The highest BCUT2D eigenvalue weighted by molar-refractivity contribution is 7.09. The Morgan fingerprint density at radius 3 is 0.959 bits per heavy atom. The predicted molar refractivity (Wildman–Crippen MR) is 307 cm³/mol. The van der Waals surface area contributed by atoms with Gasteiger partial charge in [-0.05, 0) is 93.6 Å². The van der Waals surface area contributed by atoms with Crippen molar-refractivity contribution in [2.45, 2.75) is 0 Å². The molecule has 332 valence electrons. The van der Waals surface area contributed by atoms with Crippen molar-refractivity contribution in [3.8, 4) is 45.0 Å². The maximum atomic E-state index is 2.88. The molecule has 0 saturated heterocycles. The Morgan fingerprint density at radius 1 is 0.260 bits per heavy atom. The zero-order chi connectivity index (χ0) is 46.9. The largest absolute Gasteiger partial charge is 0.444 e. The van der Waals surface area contributed by atoms with Gasteiger partial charge in [0.05, 0.1) is 44.1 Å². The van der Waals surface area contributed by atoms with Crippen molar-refractivity contribution in [1.82, 2.24) is 18.3 Å². The van der Waals surface area contributed by atoms with Crippen molar-refractivity contribution < 1.29 is 0 Å². The minimum absolute atomic E-state index is 0.0967. The monoisotopic (exact) mass is 921 g/mol. The summed E-state index contributed by atoms with van der Waals surface area (Å²) in [6.07, 6.45) is 0. The number of fused-ring (bicyclic) bond motifs is 20. The fourth-order valence-corrected chi connectivity index (χ4v) is 14.9. The highest BCUT2D eigenvalue weighted by Crippen LogP contribution is 2.51. The summed E-state index contributed by atoms with van der Waals surface area (Å²) in [4.78, 5) is 0. The van der Waals surface area contributed by atoms with E-state index >= 15 is 0 Å². The van der Waals surface area contributed by atoms with Crippen LogP contribution in [-0.2, 0) is 0 Å². The molecule has 73 heavy (non-hydrogen) atoms. The molecule has 15 aromatic rings. The molecule has 0 bridgehead atoms. The summed E-state index contributed by atoms with van der Waals surface area (Å²) in [5.74, 6) is 0. The molecule has 8 heterocycles. The quantitative estimate of drug-likeness (QED) is 0.158. The van der Waals surface area contributed by atoms with Crippen molar-refractivity contribution in [2.24, 2.45) is 0 Å². The summed E-state index contributed by atoms with van der Waals surface area (Å²) >= 11 is 0. The van der Waals surface area contributed by atoms with Gasteiger partial charge in [-0.1, -0.05) is 164 Å². The number of aromatic nitrogens is 4. The van der Waals surface area contributed by atoms with E-state index in [9.17, 15) is 0 Å². The lowest BCUT2D eigenvalue weighted by molar-refractivity contribution is 1.13. The minimum atomic E-state index is -0.0967. The fourth-order valence-electron chi connectivity index (χ4n) is 14.9. The zero-order valence-electron chi connectivity index (χ0n) is 39.3. The Labute approximate surface area is 418 Å².